The lowest BCUT2D eigenvalue weighted by Crippen LogP contribution is -2.03. The number of nitrogens with zero attached hydrogens (tertiary/aromatic N) is 1. The Balaban J connectivity index is 1.99. The van der Waals surface area contributed by atoms with E-state index in [1.54, 1.807) is 11.9 Å². The molecule has 0 radical (unpaired) electrons. The van der Waals surface area contributed by atoms with E-state index in [4.69, 9.17) is 0 Å². The third-order valence-corrected chi connectivity index (χ3v) is 4.35. The zero-order valence-electron chi connectivity index (χ0n) is 12.0. The molecule has 0 spiro atoms. The monoisotopic (exact) mass is 285 g/mol. The average molecular weight is 285 g/mol. The van der Waals surface area contributed by atoms with Gasteiger partial charge in [-0.15, -0.1) is 0 Å². The number of benzene rings is 1. The second-order valence-corrected chi connectivity index (χ2v) is 6.03. The first-order valence-corrected chi connectivity index (χ1v) is 8.35. The van der Waals surface area contributed by atoms with Gasteiger partial charge in [0.05, 0.1) is 0 Å². The van der Waals surface area contributed by atoms with E-state index in [9.17, 15) is 0 Å². The summed E-state index contributed by atoms with van der Waals surface area (Å²) in [7, 11) is 0. The van der Waals surface area contributed by atoms with Gasteiger partial charge >= 0.3 is 0 Å². The van der Waals surface area contributed by atoms with Gasteiger partial charge in [0.15, 0.2) is 0 Å². The van der Waals surface area contributed by atoms with Crippen molar-refractivity contribution in [3.05, 3.63) is 59.7 Å². The molecule has 0 N–H and O–H groups in total. The van der Waals surface area contributed by atoms with Crippen LogP contribution in [0.4, 0.5) is 0 Å². The molecule has 1 aliphatic carbocycles. The fraction of sp³-hybridized carbons (Fsp3) is 0.389. The highest BCUT2D eigenvalue weighted by atomic mass is 32.2. The Morgan fingerprint density at radius 3 is 2.70 bits per heavy atom. The lowest BCUT2D eigenvalue weighted by molar-refractivity contribution is 0.648. The zero-order valence-corrected chi connectivity index (χ0v) is 12.8. The molecule has 0 saturated heterocycles. The molecule has 0 amide bonds. The predicted octanol–water partition coefficient (Wildman–Crippen LogP) is 5.57. The number of hydrogen-bond acceptors (Lipinski definition) is 2. The number of rotatable bonds is 8. The minimum absolute atomic E-state index is 0.550. The largest absolute Gasteiger partial charge is 0.232 e. The Labute approximate surface area is 127 Å². The summed E-state index contributed by atoms with van der Waals surface area (Å²) in [6, 6.07) is 10.9. The Hall–Kier alpha value is -1.28. The molecule has 2 heteroatoms. The molecule has 0 aliphatic heterocycles. The Kier molecular flexibility index (Phi) is 6.65. The second kappa shape index (κ2) is 8.80. The molecular weight excluding hydrogens is 262 g/mol. The van der Waals surface area contributed by atoms with Crippen LogP contribution in [0.5, 0.6) is 0 Å². The zero-order chi connectivity index (χ0) is 14.0. The van der Waals surface area contributed by atoms with Crippen molar-refractivity contribution in [3.8, 4) is 0 Å². The second-order valence-electron chi connectivity index (χ2n) is 5.11. The highest BCUT2D eigenvalue weighted by Gasteiger charge is 2.15. The van der Waals surface area contributed by atoms with Crippen LogP contribution in [0.1, 0.15) is 43.6 Å². The Morgan fingerprint density at radius 2 is 2.00 bits per heavy atom. The predicted molar refractivity (Wildman–Crippen MR) is 91.5 cm³/mol. The lowest BCUT2D eigenvalue weighted by atomic mass is 9.84. The van der Waals surface area contributed by atoms with Gasteiger partial charge in [0.25, 0.3) is 0 Å². The molecule has 1 atom stereocenters. The first-order valence-electron chi connectivity index (χ1n) is 7.41. The van der Waals surface area contributed by atoms with Gasteiger partial charge in [0.1, 0.15) is 0 Å². The molecule has 1 aliphatic rings. The van der Waals surface area contributed by atoms with E-state index < -0.39 is 0 Å². The number of hydrogen-bond donors (Lipinski definition) is 0. The van der Waals surface area contributed by atoms with Gasteiger partial charge in [0.2, 0.25) is 0 Å². The summed E-state index contributed by atoms with van der Waals surface area (Å²) >= 11 is 1.58. The van der Waals surface area contributed by atoms with Crippen molar-refractivity contribution in [2.75, 3.05) is 5.75 Å². The van der Waals surface area contributed by atoms with E-state index in [-0.39, 0.29) is 0 Å². The summed E-state index contributed by atoms with van der Waals surface area (Å²) in [4.78, 5) is 0. The summed E-state index contributed by atoms with van der Waals surface area (Å²) in [6.45, 7) is 3.51. The SMILES string of the molecule is C=NSCCCCC(C1=CCCC=C1)c1ccccc1. The van der Waals surface area contributed by atoms with Gasteiger partial charge in [0, 0.05) is 11.7 Å². The van der Waals surface area contributed by atoms with Crippen LogP contribution in [0.2, 0.25) is 0 Å². The van der Waals surface area contributed by atoms with Gasteiger partial charge in [-0.1, -0.05) is 55.0 Å². The van der Waals surface area contributed by atoms with Crippen LogP contribution < -0.4 is 0 Å². The van der Waals surface area contributed by atoms with Crippen molar-refractivity contribution in [1.29, 1.82) is 0 Å². The molecule has 0 fully saturated rings. The van der Waals surface area contributed by atoms with Gasteiger partial charge in [-0.05, 0) is 55.5 Å². The van der Waals surface area contributed by atoms with Crippen molar-refractivity contribution in [2.45, 2.75) is 38.0 Å². The molecule has 2 rings (SSSR count). The van der Waals surface area contributed by atoms with Gasteiger partial charge < -0.3 is 0 Å². The molecule has 0 bridgehead atoms. The Morgan fingerprint density at radius 1 is 1.15 bits per heavy atom. The molecular formula is C18H23NS. The van der Waals surface area contributed by atoms with E-state index in [1.807, 2.05) is 0 Å². The molecule has 0 aromatic heterocycles. The van der Waals surface area contributed by atoms with Crippen LogP contribution in [0, 0.1) is 0 Å². The van der Waals surface area contributed by atoms with Crippen molar-refractivity contribution in [2.24, 2.45) is 4.40 Å². The van der Waals surface area contributed by atoms with E-state index in [1.165, 1.54) is 43.2 Å². The summed E-state index contributed by atoms with van der Waals surface area (Å²) in [5, 5.41) is 0. The fourth-order valence-corrected chi connectivity index (χ4v) is 3.15. The van der Waals surface area contributed by atoms with E-state index >= 15 is 0 Å². The first-order chi connectivity index (χ1) is 9.92. The van der Waals surface area contributed by atoms with Crippen LogP contribution >= 0.6 is 11.9 Å². The van der Waals surface area contributed by atoms with E-state index in [0.717, 1.165) is 5.75 Å². The maximum atomic E-state index is 3.84. The van der Waals surface area contributed by atoms with Crippen molar-refractivity contribution >= 4 is 18.7 Å². The average Bonchev–Trinajstić information content (AvgIpc) is 2.53. The normalized spacial score (nSPS) is 15.7. The fourth-order valence-electron chi connectivity index (χ4n) is 2.68. The first kappa shape index (κ1) is 15.1. The lowest BCUT2D eigenvalue weighted by Gasteiger charge is -2.21. The van der Waals surface area contributed by atoms with Crippen molar-refractivity contribution in [3.63, 3.8) is 0 Å². The highest BCUT2D eigenvalue weighted by Crippen LogP contribution is 2.32. The third-order valence-electron chi connectivity index (χ3n) is 3.70. The van der Waals surface area contributed by atoms with Crippen LogP contribution in [-0.4, -0.2) is 12.5 Å². The minimum Gasteiger partial charge on any atom is -0.232 e. The molecule has 0 heterocycles. The number of unbranched alkanes of at least 4 members (excludes halogenated alkanes) is 1. The smallest absolute Gasteiger partial charge is 0.0153 e. The summed E-state index contributed by atoms with van der Waals surface area (Å²) in [5.74, 6) is 1.63. The molecule has 20 heavy (non-hydrogen) atoms. The van der Waals surface area contributed by atoms with Crippen molar-refractivity contribution < 1.29 is 0 Å². The molecule has 106 valence electrons. The standard InChI is InChI=1S/C18H23NS/c1-19-20-15-9-8-14-18(16-10-4-2-5-11-16)17-12-6-3-7-13-17/h2,4-6,10-13,18H,1,3,7-9,14-15H2. The third kappa shape index (κ3) is 4.68. The quantitative estimate of drug-likeness (QED) is 0.346. The maximum absolute atomic E-state index is 3.84. The molecule has 1 nitrogen and oxygen atoms in total. The van der Waals surface area contributed by atoms with Gasteiger partial charge in [-0.2, -0.15) is 0 Å². The van der Waals surface area contributed by atoms with Crippen LogP contribution in [0.25, 0.3) is 0 Å². The maximum Gasteiger partial charge on any atom is 0.0153 e. The van der Waals surface area contributed by atoms with Crippen LogP contribution in [0.15, 0.2) is 58.5 Å². The van der Waals surface area contributed by atoms with E-state index in [0.29, 0.717) is 5.92 Å². The van der Waals surface area contributed by atoms with Crippen LogP contribution in [-0.2, 0) is 0 Å². The summed E-state index contributed by atoms with van der Waals surface area (Å²) in [6.07, 6.45) is 13.1. The van der Waals surface area contributed by atoms with Crippen LogP contribution in [0.3, 0.4) is 0 Å². The van der Waals surface area contributed by atoms with E-state index in [2.05, 4.69) is 59.7 Å². The summed E-state index contributed by atoms with van der Waals surface area (Å²) in [5.41, 5.74) is 2.94. The highest BCUT2D eigenvalue weighted by molar-refractivity contribution is 7.98. The summed E-state index contributed by atoms with van der Waals surface area (Å²) < 4.78 is 3.84. The number of allylic oxidation sites excluding steroid dienone is 4. The molecule has 1 aromatic carbocycles. The topological polar surface area (TPSA) is 12.4 Å². The van der Waals surface area contributed by atoms with Gasteiger partial charge in [-0.25, -0.2) is 4.40 Å². The molecule has 1 aromatic rings. The van der Waals surface area contributed by atoms with Crippen molar-refractivity contribution in [1.82, 2.24) is 0 Å². The van der Waals surface area contributed by atoms with Gasteiger partial charge in [-0.3, -0.25) is 0 Å². The molecule has 0 saturated carbocycles. The Bertz CT molecular complexity index is 462. The molecule has 1 unspecified atom stereocenters. The minimum atomic E-state index is 0.550.